The van der Waals surface area contributed by atoms with Gasteiger partial charge in [0.05, 0.1) is 19.3 Å². The Kier molecular flexibility index (Phi) is 8.07. The number of hydrogen-bond acceptors (Lipinski definition) is 2. The predicted molar refractivity (Wildman–Crippen MR) is 51.1 cm³/mol. The highest BCUT2D eigenvalue weighted by atomic mass is 16.5. The van der Waals surface area contributed by atoms with Gasteiger partial charge in [-0.05, 0) is 20.3 Å². The minimum atomic E-state index is -0.369. The number of aliphatic hydroxyl groups is 1. The van der Waals surface area contributed by atoms with E-state index in [0.717, 1.165) is 0 Å². The van der Waals surface area contributed by atoms with E-state index >= 15 is 0 Å². The Hall–Kier alpha value is -0.600. The fraction of sp³-hybridized carbons (Fsp3) is 0.600. The minimum absolute atomic E-state index is 0.369. The number of allylic oxidation sites excluding steroid dienone is 2. The molecule has 1 atom stereocenters. The van der Waals surface area contributed by atoms with Crippen LogP contribution >= 0.6 is 0 Å². The molecule has 70 valence electrons. The van der Waals surface area contributed by atoms with Gasteiger partial charge < -0.3 is 9.84 Å². The zero-order valence-electron chi connectivity index (χ0n) is 7.86. The van der Waals surface area contributed by atoms with E-state index in [9.17, 15) is 5.11 Å². The Balaban J connectivity index is 3.24. The maximum Gasteiger partial charge on any atom is 0.0808 e. The second-order valence-electron chi connectivity index (χ2n) is 2.57. The predicted octanol–water partition coefficient (Wildman–Crippen LogP) is 1.91. The van der Waals surface area contributed by atoms with Crippen LogP contribution in [0.2, 0.25) is 0 Å². The van der Waals surface area contributed by atoms with E-state index in [1.54, 1.807) is 0 Å². The zero-order chi connectivity index (χ0) is 9.23. The summed E-state index contributed by atoms with van der Waals surface area (Å²) in [4.78, 5) is 0. The Morgan fingerprint density at radius 2 is 1.92 bits per heavy atom. The lowest BCUT2D eigenvalue weighted by atomic mass is 10.2. The van der Waals surface area contributed by atoms with Crippen LogP contribution in [0.25, 0.3) is 0 Å². The number of aliphatic hydroxyl groups excluding tert-OH is 1. The maximum atomic E-state index is 9.28. The molecule has 1 N–H and O–H groups in total. The normalized spacial score (nSPS) is 14.6. The van der Waals surface area contributed by atoms with E-state index in [-0.39, 0.29) is 6.10 Å². The maximum absolute atomic E-state index is 9.28. The van der Waals surface area contributed by atoms with Gasteiger partial charge in [-0.1, -0.05) is 24.3 Å². The van der Waals surface area contributed by atoms with Crippen molar-refractivity contribution < 1.29 is 9.84 Å². The lowest BCUT2D eigenvalue weighted by molar-refractivity contribution is 0.0510. The van der Waals surface area contributed by atoms with E-state index < -0.39 is 0 Å². The first-order valence-electron chi connectivity index (χ1n) is 4.29. The molecule has 0 saturated carbocycles. The molecule has 0 aliphatic carbocycles. The highest BCUT2D eigenvalue weighted by Crippen LogP contribution is 1.94. The summed E-state index contributed by atoms with van der Waals surface area (Å²) >= 11 is 0. The van der Waals surface area contributed by atoms with Gasteiger partial charge in [-0.3, -0.25) is 0 Å². The smallest absolute Gasteiger partial charge is 0.0808 e. The summed E-state index contributed by atoms with van der Waals surface area (Å²) in [5.41, 5.74) is 0. The van der Waals surface area contributed by atoms with Gasteiger partial charge in [0.25, 0.3) is 0 Å². The van der Waals surface area contributed by atoms with E-state index in [1.807, 2.05) is 38.2 Å². The summed E-state index contributed by atoms with van der Waals surface area (Å²) in [6.45, 7) is 4.88. The molecule has 0 radical (unpaired) electrons. The molecule has 0 heterocycles. The average Bonchev–Trinajstić information content (AvgIpc) is 2.09. The summed E-state index contributed by atoms with van der Waals surface area (Å²) < 4.78 is 5.16. The summed E-state index contributed by atoms with van der Waals surface area (Å²) in [5, 5.41) is 9.28. The Labute approximate surface area is 74.6 Å². The Bertz CT molecular complexity index is 139. The number of ether oxygens (including phenoxy) is 1. The van der Waals surface area contributed by atoms with Crippen LogP contribution in [0.1, 0.15) is 20.3 Å². The van der Waals surface area contributed by atoms with Crippen LogP contribution in [-0.2, 0) is 4.74 Å². The molecule has 0 aromatic heterocycles. The van der Waals surface area contributed by atoms with Gasteiger partial charge >= 0.3 is 0 Å². The van der Waals surface area contributed by atoms with Crippen LogP contribution in [-0.4, -0.2) is 24.4 Å². The molecule has 0 rings (SSSR count). The fourth-order valence-corrected chi connectivity index (χ4v) is 0.730. The molecule has 12 heavy (non-hydrogen) atoms. The topological polar surface area (TPSA) is 29.5 Å². The molecule has 0 saturated heterocycles. The third-order valence-corrected chi connectivity index (χ3v) is 1.40. The van der Waals surface area contributed by atoms with Crippen molar-refractivity contribution in [2.24, 2.45) is 0 Å². The van der Waals surface area contributed by atoms with Crippen LogP contribution in [0.4, 0.5) is 0 Å². The quantitative estimate of drug-likeness (QED) is 0.487. The molecule has 2 heteroatoms. The standard InChI is InChI=1S/C10H18O2/c1-3-5-7-10(11)9-12-8-6-4-2/h3-6,10-11H,7-9H2,1-2H3. The van der Waals surface area contributed by atoms with Crippen molar-refractivity contribution >= 4 is 0 Å². The van der Waals surface area contributed by atoms with E-state index in [4.69, 9.17) is 4.74 Å². The molecular formula is C10H18O2. The van der Waals surface area contributed by atoms with Crippen molar-refractivity contribution in [3.63, 3.8) is 0 Å². The van der Waals surface area contributed by atoms with Crippen LogP contribution in [0.5, 0.6) is 0 Å². The summed E-state index contributed by atoms with van der Waals surface area (Å²) in [6, 6.07) is 0. The average molecular weight is 170 g/mol. The molecule has 0 aromatic rings. The largest absolute Gasteiger partial charge is 0.390 e. The van der Waals surface area contributed by atoms with Crippen LogP contribution in [0.15, 0.2) is 24.3 Å². The molecule has 1 unspecified atom stereocenters. The third-order valence-electron chi connectivity index (χ3n) is 1.40. The molecular weight excluding hydrogens is 152 g/mol. The van der Waals surface area contributed by atoms with E-state index in [2.05, 4.69) is 0 Å². The third kappa shape index (κ3) is 7.51. The lowest BCUT2D eigenvalue weighted by Crippen LogP contribution is -2.14. The van der Waals surface area contributed by atoms with E-state index in [1.165, 1.54) is 0 Å². The van der Waals surface area contributed by atoms with Gasteiger partial charge in [-0.25, -0.2) is 0 Å². The SMILES string of the molecule is CC=CCOCC(O)CC=CC. The highest BCUT2D eigenvalue weighted by Gasteiger charge is 1.99. The van der Waals surface area contributed by atoms with Gasteiger partial charge in [0, 0.05) is 0 Å². The second kappa shape index (κ2) is 8.50. The van der Waals surface area contributed by atoms with Gasteiger partial charge in [0.2, 0.25) is 0 Å². The Morgan fingerprint density at radius 3 is 2.50 bits per heavy atom. The molecule has 0 aliphatic heterocycles. The molecule has 0 aliphatic rings. The fourth-order valence-electron chi connectivity index (χ4n) is 0.730. The second-order valence-corrected chi connectivity index (χ2v) is 2.57. The van der Waals surface area contributed by atoms with Crippen molar-refractivity contribution in [3.05, 3.63) is 24.3 Å². The highest BCUT2D eigenvalue weighted by molar-refractivity contribution is 4.80. The zero-order valence-corrected chi connectivity index (χ0v) is 7.86. The summed E-state index contributed by atoms with van der Waals surface area (Å²) in [7, 11) is 0. The van der Waals surface area contributed by atoms with Crippen molar-refractivity contribution in [1.29, 1.82) is 0 Å². The summed E-state index contributed by atoms with van der Waals surface area (Å²) in [5.74, 6) is 0. The molecule has 0 bridgehead atoms. The van der Waals surface area contributed by atoms with Crippen molar-refractivity contribution in [2.45, 2.75) is 26.4 Å². The molecule has 0 spiro atoms. The van der Waals surface area contributed by atoms with Gasteiger partial charge in [-0.2, -0.15) is 0 Å². The van der Waals surface area contributed by atoms with E-state index in [0.29, 0.717) is 19.6 Å². The van der Waals surface area contributed by atoms with Crippen LogP contribution in [0, 0.1) is 0 Å². The molecule has 0 amide bonds. The first-order valence-corrected chi connectivity index (χ1v) is 4.29. The molecule has 2 nitrogen and oxygen atoms in total. The first-order chi connectivity index (χ1) is 5.81. The van der Waals surface area contributed by atoms with Gasteiger partial charge in [0.1, 0.15) is 0 Å². The van der Waals surface area contributed by atoms with Crippen molar-refractivity contribution in [3.8, 4) is 0 Å². The lowest BCUT2D eigenvalue weighted by Gasteiger charge is -2.06. The van der Waals surface area contributed by atoms with Crippen LogP contribution in [0.3, 0.4) is 0 Å². The Morgan fingerprint density at radius 1 is 1.25 bits per heavy atom. The molecule has 0 aromatic carbocycles. The molecule has 0 fully saturated rings. The summed E-state index contributed by atoms with van der Waals surface area (Å²) in [6.07, 6.45) is 8.01. The van der Waals surface area contributed by atoms with Crippen LogP contribution < -0.4 is 0 Å². The van der Waals surface area contributed by atoms with Crippen molar-refractivity contribution in [2.75, 3.05) is 13.2 Å². The first kappa shape index (κ1) is 11.4. The number of rotatable bonds is 6. The monoisotopic (exact) mass is 170 g/mol. The van der Waals surface area contributed by atoms with Gasteiger partial charge in [-0.15, -0.1) is 0 Å². The number of hydrogen-bond donors (Lipinski definition) is 1. The minimum Gasteiger partial charge on any atom is -0.390 e. The van der Waals surface area contributed by atoms with Crippen molar-refractivity contribution in [1.82, 2.24) is 0 Å². The van der Waals surface area contributed by atoms with Gasteiger partial charge in [0.15, 0.2) is 0 Å².